The number of halogens is 1. The average Bonchev–Trinajstić information content (AvgIpc) is 2.42. The number of rotatable bonds is 6. The number of unbranched alkanes of at least 4 members (excludes halogenated alkanes) is 1. The first-order valence-corrected chi connectivity index (χ1v) is 6.29. The van der Waals surface area contributed by atoms with E-state index in [1.54, 1.807) is 19.4 Å². The lowest BCUT2D eigenvalue weighted by atomic mass is 10.1. The summed E-state index contributed by atoms with van der Waals surface area (Å²) in [5.74, 6) is -0.365. The highest BCUT2D eigenvalue weighted by molar-refractivity contribution is 5.98. The molecular weight excluding hydrogens is 245 g/mol. The molecule has 0 saturated carbocycles. The lowest BCUT2D eigenvalue weighted by molar-refractivity contribution is 0.194. The molecule has 0 aliphatic heterocycles. The molecule has 4 nitrogen and oxygen atoms in total. The molecule has 0 amide bonds. The van der Waals surface area contributed by atoms with Crippen LogP contribution in [0.3, 0.4) is 0 Å². The molecule has 1 aromatic carbocycles. The summed E-state index contributed by atoms with van der Waals surface area (Å²) in [7, 11) is 1.67. The van der Waals surface area contributed by atoms with Crippen LogP contribution in [-0.4, -0.2) is 25.2 Å². The lowest BCUT2D eigenvalue weighted by Crippen LogP contribution is -2.06. The zero-order valence-corrected chi connectivity index (χ0v) is 10.9. The maximum absolute atomic E-state index is 13.9. The number of nitrogens with zero attached hydrogens (tertiary/aromatic N) is 1. The Morgan fingerprint density at radius 1 is 1.42 bits per heavy atom. The molecule has 19 heavy (non-hydrogen) atoms. The summed E-state index contributed by atoms with van der Waals surface area (Å²) in [6.07, 6.45) is 3.48. The molecule has 1 heterocycles. The Labute approximate surface area is 111 Å². The van der Waals surface area contributed by atoms with E-state index in [9.17, 15) is 4.39 Å². The zero-order chi connectivity index (χ0) is 13.7. The first-order valence-electron chi connectivity index (χ1n) is 6.29. The van der Waals surface area contributed by atoms with Crippen LogP contribution in [0.25, 0.3) is 10.9 Å². The number of hydrogen-bond acceptors (Lipinski definition) is 4. The van der Waals surface area contributed by atoms with Crippen molar-refractivity contribution < 1.29 is 9.13 Å². The second-order valence-electron chi connectivity index (χ2n) is 4.35. The van der Waals surface area contributed by atoms with E-state index in [1.807, 2.05) is 6.07 Å². The minimum Gasteiger partial charge on any atom is -0.398 e. The molecule has 2 rings (SSSR count). The van der Waals surface area contributed by atoms with Gasteiger partial charge in [0, 0.05) is 37.5 Å². The number of hydrogen-bond donors (Lipinski definition) is 2. The number of aromatic nitrogens is 1. The number of nitrogens with two attached hydrogens (primary N) is 1. The highest BCUT2D eigenvalue weighted by Gasteiger charge is 2.11. The normalized spacial score (nSPS) is 10.8. The minimum atomic E-state index is -0.365. The van der Waals surface area contributed by atoms with Crippen LogP contribution in [0, 0.1) is 5.82 Å². The third-order valence-electron chi connectivity index (χ3n) is 2.95. The van der Waals surface area contributed by atoms with Gasteiger partial charge >= 0.3 is 0 Å². The maximum atomic E-state index is 13.9. The van der Waals surface area contributed by atoms with Gasteiger partial charge in [0.1, 0.15) is 0 Å². The molecule has 5 heteroatoms. The number of pyridine rings is 1. The van der Waals surface area contributed by atoms with Gasteiger partial charge in [-0.3, -0.25) is 4.98 Å². The quantitative estimate of drug-likeness (QED) is 0.621. The van der Waals surface area contributed by atoms with Gasteiger partial charge in [0.2, 0.25) is 0 Å². The summed E-state index contributed by atoms with van der Waals surface area (Å²) in [5, 5.41) is 3.86. The summed E-state index contributed by atoms with van der Waals surface area (Å²) in [6, 6.07) is 4.97. The van der Waals surface area contributed by atoms with Gasteiger partial charge in [-0.15, -0.1) is 0 Å². The van der Waals surface area contributed by atoms with Crippen LogP contribution in [0.2, 0.25) is 0 Å². The molecule has 1 aromatic heterocycles. The second-order valence-corrected chi connectivity index (χ2v) is 4.35. The molecule has 2 aromatic rings. The predicted molar refractivity (Wildman–Crippen MR) is 75.7 cm³/mol. The van der Waals surface area contributed by atoms with Gasteiger partial charge in [0.05, 0.1) is 11.2 Å². The van der Waals surface area contributed by atoms with Crippen LogP contribution in [0.15, 0.2) is 24.4 Å². The fraction of sp³-hybridized carbons (Fsp3) is 0.357. The summed E-state index contributed by atoms with van der Waals surface area (Å²) < 4.78 is 18.9. The number of nitrogens with one attached hydrogen (secondary N) is 1. The van der Waals surface area contributed by atoms with Crippen molar-refractivity contribution in [3.05, 3.63) is 30.2 Å². The molecule has 0 unspecified atom stereocenters. The summed E-state index contributed by atoms with van der Waals surface area (Å²) >= 11 is 0. The Balaban J connectivity index is 2.18. The van der Waals surface area contributed by atoms with Crippen LogP contribution >= 0.6 is 0 Å². The molecule has 0 aliphatic rings. The SMILES string of the molecule is COCCCCNc1c(F)cc(N)c2cccnc12. The molecular formula is C14H18FN3O. The molecule has 0 aliphatic carbocycles. The Kier molecular flexibility index (Phi) is 4.52. The van der Waals surface area contributed by atoms with Crippen LogP contribution in [0.4, 0.5) is 15.8 Å². The van der Waals surface area contributed by atoms with Crippen LogP contribution in [0.5, 0.6) is 0 Å². The largest absolute Gasteiger partial charge is 0.398 e. The Morgan fingerprint density at radius 2 is 2.26 bits per heavy atom. The standard InChI is InChI=1S/C14H18FN3O/c1-19-8-3-2-6-18-14-11(15)9-12(16)10-5-4-7-17-13(10)14/h4-5,7,9,18H,2-3,6,8,16H2,1H3. The van der Waals surface area contributed by atoms with Crippen LogP contribution in [0.1, 0.15) is 12.8 Å². The second kappa shape index (κ2) is 6.33. The smallest absolute Gasteiger partial charge is 0.150 e. The minimum absolute atomic E-state index is 0.365. The zero-order valence-electron chi connectivity index (χ0n) is 10.9. The molecule has 0 fully saturated rings. The molecule has 0 bridgehead atoms. The van der Waals surface area contributed by atoms with Crippen molar-refractivity contribution in [1.29, 1.82) is 0 Å². The van der Waals surface area contributed by atoms with Gasteiger partial charge in [-0.05, 0) is 31.0 Å². The van der Waals surface area contributed by atoms with E-state index >= 15 is 0 Å². The molecule has 102 valence electrons. The predicted octanol–water partition coefficient (Wildman–Crippen LogP) is 2.79. The van der Waals surface area contributed by atoms with Crippen molar-refractivity contribution in [1.82, 2.24) is 4.98 Å². The Hall–Kier alpha value is -1.88. The van der Waals surface area contributed by atoms with E-state index < -0.39 is 0 Å². The summed E-state index contributed by atoms with van der Waals surface area (Å²) in [5.41, 5.74) is 7.20. The van der Waals surface area contributed by atoms with Crippen LogP contribution in [-0.2, 0) is 4.74 Å². The van der Waals surface area contributed by atoms with Gasteiger partial charge in [-0.2, -0.15) is 0 Å². The number of anilines is 2. The maximum Gasteiger partial charge on any atom is 0.150 e. The number of methoxy groups -OCH3 is 1. The third kappa shape index (κ3) is 3.12. The van der Waals surface area contributed by atoms with Crippen molar-refractivity contribution in [2.75, 3.05) is 31.3 Å². The van der Waals surface area contributed by atoms with Gasteiger partial charge in [-0.25, -0.2) is 4.39 Å². The van der Waals surface area contributed by atoms with Gasteiger partial charge < -0.3 is 15.8 Å². The average molecular weight is 263 g/mol. The van der Waals surface area contributed by atoms with Gasteiger partial charge in [0.15, 0.2) is 5.82 Å². The number of fused-ring (bicyclic) bond motifs is 1. The molecule has 0 saturated heterocycles. The van der Waals surface area contributed by atoms with E-state index in [4.69, 9.17) is 10.5 Å². The van der Waals surface area contributed by atoms with Crippen molar-refractivity contribution >= 4 is 22.3 Å². The number of ether oxygens (including phenoxy) is 1. The third-order valence-corrected chi connectivity index (χ3v) is 2.95. The van der Waals surface area contributed by atoms with Crippen molar-refractivity contribution in [3.63, 3.8) is 0 Å². The Morgan fingerprint density at radius 3 is 3.05 bits per heavy atom. The van der Waals surface area contributed by atoms with Crippen molar-refractivity contribution in [3.8, 4) is 0 Å². The van der Waals surface area contributed by atoms with E-state index in [0.29, 0.717) is 30.0 Å². The fourth-order valence-electron chi connectivity index (χ4n) is 1.99. The monoisotopic (exact) mass is 263 g/mol. The highest BCUT2D eigenvalue weighted by Crippen LogP contribution is 2.29. The first kappa shape index (κ1) is 13.5. The summed E-state index contributed by atoms with van der Waals surface area (Å²) in [4.78, 5) is 4.21. The lowest BCUT2D eigenvalue weighted by Gasteiger charge is -2.11. The topological polar surface area (TPSA) is 60.2 Å². The summed E-state index contributed by atoms with van der Waals surface area (Å²) in [6.45, 7) is 1.39. The van der Waals surface area contributed by atoms with E-state index in [2.05, 4.69) is 10.3 Å². The molecule has 0 radical (unpaired) electrons. The van der Waals surface area contributed by atoms with E-state index in [-0.39, 0.29) is 5.82 Å². The van der Waals surface area contributed by atoms with Gasteiger partial charge in [0.25, 0.3) is 0 Å². The molecule has 0 spiro atoms. The number of benzene rings is 1. The molecule has 3 N–H and O–H groups in total. The molecule has 0 atom stereocenters. The Bertz CT molecular complexity index is 560. The van der Waals surface area contributed by atoms with Crippen molar-refractivity contribution in [2.45, 2.75) is 12.8 Å². The van der Waals surface area contributed by atoms with E-state index in [0.717, 1.165) is 18.2 Å². The highest BCUT2D eigenvalue weighted by atomic mass is 19.1. The van der Waals surface area contributed by atoms with Crippen LogP contribution < -0.4 is 11.1 Å². The first-order chi connectivity index (χ1) is 9.24. The van der Waals surface area contributed by atoms with E-state index in [1.165, 1.54) is 6.07 Å². The fourth-order valence-corrected chi connectivity index (χ4v) is 1.99. The van der Waals surface area contributed by atoms with Gasteiger partial charge in [-0.1, -0.05) is 0 Å². The van der Waals surface area contributed by atoms with Crippen molar-refractivity contribution in [2.24, 2.45) is 0 Å². The number of nitrogen functional groups attached to an aromatic ring is 1.